The predicted molar refractivity (Wildman–Crippen MR) is 123 cm³/mol. The number of aromatic nitrogens is 1. The number of benzene rings is 2. The molecule has 1 fully saturated rings. The fourth-order valence-electron chi connectivity index (χ4n) is 4.08. The van der Waals surface area contributed by atoms with Crippen molar-refractivity contribution in [2.45, 2.75) is 19.8 Å². The Bertz CT molecular complexity index is 1180. The summed E-state index contributed by atoms with van der Waals surface area (Å²) in [5, 5.41) is 14.1. The smallest absolute Gasteiger partial charge is 0.227 e. The standard InChI is InChI=1S/C24H23ClN4O2/c1-15-11-19(31-2)4-6-21(15)28-24(30)16-7-9-29(10-8-16)23-17(13-26)14-27-22-5-3-18(25)12-20(22)23/h3-6,11-12,14,16H,7-10H2,1-2H3,(H,28,30). The van der Waals surface area contributed by atoms with Crippen LogP contribution in [0.15, 0.2) is 42.6 Å². The van der Waals surface area contributed by atoms with E-state index in [1.807, 2.05) is 37.3 Å². The molecule has 0 radical (unpaired) electrons. The second-order valence-corrected chi connectivity index (χ2v) is 8.16. The highest BCUT2D eigenvalue weighted by Crippen LogP contribution is 2.34. The molecule has 0 aliphatic carbocycles. The second kappa shape index (κ2) is 8.83. The minimum absolute atomic E-state index is 0.0241. The number of nitrogens with zero attached hydrogens (tertiary/aromatic N) is 3. The molecule has 0 unspecified atom stereocenters. The molecule has 31 heavy (non-hydrogen) atoms. The van der Waals surface area contributed by atoms with Gasteiger partial charge in [-0.3, -0.25) is 9.78 Å². The Morgan fingerprint density at radius 2 is 2.03 bits per heavy atom. The van der Waals surface area contributed by atoms with Crippen molar-refractivity contribution in [3.63, 3.8) is 0 Å². The highest BCUT2D eigenvalue weighted by Gasteiger charge is 2.27. The quantitative estimate of drug-likeness (QED) is 0.629. The number of nitrogens with one attached hydrogen (secondary N) is 1. The number of hydrogen-bond donors (Lipinski definition) is 1. The van der Waals surface area contributed by atoms with E-state index in [1.165, 1.54) is 0 Å². The summed E-state index contributed by atoms with van der Waals surface area (Å²) in [6.45, 7) is 3.31. The van der Waals surface area contributed by atoms with Gasteiger partial charge in [-0.1, -0.05) is 11.6 Å². The van der Waals surface area contributed by atoms with Gasteiger partial charge >= 0.3 is 0 Å². The fraction of sp³-hybridized carbons (Fsp3) is 0.292. The molecule has 4 rings (SSSR count). The highest BCUT2D eigenvalue weighted by atomic mass is 35.5. The topological polar surface area (TPSA) is 78.2 Å². The van der Waals surface area contributed by atoms with E-state index in [4.69, 9.17) is 16.3 Å². The van der Waals surface area contributed by atoms with Gasteiger partial charge in [-0.25, -0.2) is 0 Å². The van der Waals surface area contributed by atoms with E-state index in [-0.39, 0.29) is 11.8 Å². The fourth-order valence-corrected chi connectivity index (χ4v) is 4.25. The lowest BCUT2D eigenvalue weighted by Gasteiger charge is -2.34. The number of pyridine rings is 1. The first-order valence-corrected chi connectivity index (χ1v) is 10.6. The third-order valence-electron chi connectivity index (χ3n) is 5.80. The average molecular weight is 435 g/mol. The Morgan fingerprint density at radius 3 is 2.71 bits per heavy atom. The van der Waals surface area contributed by atoms with Crippen molar-refractivity contribution < 1.29 is 9.53 Å². The zero-order chi connectivity index (χ0) is 22.0. The molecule has 2 heterocycles. The van der Waals surface area contributed by atoms with Crippen LogP contribution in [0.2, 0.25) is 5.02 Å². The molecule has 2 aromatic carbocycles. The number of carbonyl (C=O) groups excluding carboxylic acids is 1. The molecule has 0 bridgehead atoms. The van der Waals surface area contributed by atoms with Gasteiger partial charge < -0.3 is 15.0 Å². The number of aryl methyl sites for hydroxylation is 1. The first kappa shape index (κ1) is 21.0. The molecule has 6 nitrogen and oxygen atoms in total. The molecule has 7 heteroatoms. The lowest BCUT2D eigenvalue weighted by Crippen LogP contribution is -2.38. The van der Waals surface area contributed by atoms with Crippen LogP contribution in [0, 0.1) is 24.2 Å². The van der Waals surface area contributed by atoms with E-state index in [9.17, 15) is 10.1 Å². The van der Waals surface area contributed by atoms with E-state index in [0.29, 0.717) is 36.5 Å². The summed E-state index contributed by atoms with van der Waals surface area (Å²) < 4.78 is 5.23. The number of halogens is 1. The monoisotopic (exact) mass is 434 g/mol. The predicted octanol–water partition coefficient (Wildman–Crippen LogP) is 4.93. The summed E-state index contributed by atoms with van der Waals surface area (Å²) >= 11 is 6.21. The van der Waals surface area contributed by atoms with Crippen LogP contribution < -0.4 is 15.0 Å². The van der Waals surface area contributed by atoms with Crippen molar-refractivity contribution in [1.82, 2.24) is 4.98 Å². The van der Waals surface area contributed by atoms with E-state index in [1.54, 1.807) is 19.4 Å². The molecule has 1 aliphatic rings. The van der Waals surface area contributed by atoms with E-state index >= 15 is 0 Å². The molecule has 0 spiro atoms. The number of fused-ring (bicyclic) bond motifs is 1. The molecule has 1 amide bonds. The van der Waals surface area contributed by atoms with Gasteiger partial charge in [0.2, 0.25) is 5.91 Å². The van der Waals surface area contributed by atoms with Gasteiger partial charge in [0.1, 0.15) is 11.8 Å². The largest absolute Gasteiger partial charge is 0.497 e. The summed E-state index contributed by atoms with van der Waals surface area (Å²) in [6, 6.07) is 13.4. The summed E-state index contributed by atoms with van der Waals surface area (Å²) in [7, 11) is 1.62. The van der Waals surface area contributed by atoms with Crippen LogP contribution in [-0.4, -0.2) is 31.1 Å². The normalized spacial score (nSPS) is 14.3. The molecule has 3 aromatic rings. The van der Waals surface area contributed by atoms with Gasteiger partial charge in [-0.15, -0.1) is 0 Å². The first-order valence-electron chi connectivity index (χ1n) is 10.2. The molecular formula is C24H23ClN4O2. The van der Waals surface area contributed by atoms with Crippen molar-refractivity contribution in [2.24, 2.45) is 5.92 Å². The number of anilines is 2. The molecular weight excluding hydrogens is 412 g/mol. The van der Waals surface area contributed by atoms with Gasteiger partial charge in [-0.2, -0.15) is 5.26 Å². The zero-order valence-electron chi connectivity index (χ0n) is 17.5. The molecule has 158 valence electrons. The van der Waals surface area contributed by atoms with Gasteiger partial charge in [0, 0.05) is 41.3 Å². The van der Waals surface area contributed by atoms with E-state index in [0.717, 1.165) is 33.6 Å². The number of rotatable bonds is 4. The van der Waals surface area contributed by atoms with Crippen molar-refractivity contribution in [3.05, 3.63) is 58.7 Å². The third-order valence-corrected chi connectivity index (χ3v) is 6.03. The second-order valence-electron chi connectivity index (χ2n) is 7.73. The van der Waals surface area contributed by atoms with Crippen LogP contribution >= 0.6 is 11.6 Å². The molecule has 1 saturated heterocycles. The minimum Gasteiger partial charge on any atom is -0.497 e. The van der Waals surface area contributed by atoms with Crippen LogP contribution in [0.1, 0.15) is 24.0 Å². The van der Waals surface area contributed by atoms with Crippen LogP contribution in [0.25, 0.3) is 10.9 Å². The Labute approximate surface area is 186 Å². The van der Waals surface area contributed by atoms with Gasteiger partial charge in [0.15, 0.2) is 0 Å². The Morgan fingerprint density at radius 1 is 1.26 bits per heavy atom. The maximum atomic E-state index is 12.9. The number of carbonyl (C=O) groups is 1. The summed E-state index contributed by atoms with van der Waals surface area (Å²) in [6.07, 6.45) is 3.02. The molecule has 1 aliphatic heterocycles. The SMILES string of the molecule is COc1ccc(NC(=O)C2CCN(c3c(C#N)cnc4ccc(Cl)cc34)CC2)c(C)c1. The maximum Gasteiger partial charge on any atom is 0.227 e. The van der Waals surface area contributed by atoms with E-state index < -0.39 is 0 Å². The maximum absolute atomic E-state index is 12.9. The van der Waals surface area contributed by atoms with Gasteiger partial charge in [-0.05, 0) is 61.7 Å². The van der Waals surface area contributed by atoms with Crippen LogP contribution in [-0.2, 0) is 4.79 Å². The lowest BCUT2D eigenvalue weighted by atomic mass is 9.94. The Balaban J connectivity index is 1.50. The number of amides is 1. The van der Waals surface area contributed by atoms with Crippen LogP contribution in [0.3, 0.4) is 0 Å². The average Bonchev–Trinajstić information content (AvgIpc) is 2.79. The lowest BCUT2D eigenvalue weighted by molar-refractivity contribution is -0.120. The molecule has 1 N–H and O–H groups in total. The van der Waals surface area contributed by atoms with Crippen molar-refractivity contribution in [3.8, 4) is 11.8 Å². The van der Waals surface area contributed by atoms with Crippen molar-refractivity contribution >= 4 is 39.8 Å². The summed E-state index contributed by atoms with van der Waals surface area (Å²) in [5.74, 6) is 0.706. The number of nitriles is 1. The van der Waals surface area contributed by atoms with Crippen molar-refractivity contribution in [1.29, 1.82) is 5.26 Å². The summed E-state index contributed by atoms with van der Waals surface area (Å²) in [4.78, 5) is 19.4. The van der Waals surface area contributed by atoms with Crippen LogP contribution in [0.4, 0.5) is 11.4 Å². The Kier molecular flexibility index (Phi) is 5.97. The first-order chi connectivity index (χ1) is 15.0. The number of hydrogen-bond acceptors (Lipinski definition) is 5. The Hall–Kier alpha value is -3.30. The molecule has 1 aromatic heterocycles. The number of piperidine rings is 1. The van der Waals surface area contributed by atoms with E-state index in [2.05, 4.69) is 21.3 Å². The van der Waals surface area contributed by atoms with Gasteiger partial charge in [0.25, 0.3) is 0 Å². The third kappa shape index (κ3) is 4.28. The molecule has 0 saturated carbocycles. The highest BCUT2D eigenvalue weighted by molar-refractivity contribution is 6.31. The van der Waals surface area contributed by atoms with Crippen LogP contribution in [0.5, 0.6) is 5.75 Å². The zero-order valence-corrected chi connectivity index (χ0v) is 18.2. The minimum atomic E-state index is -0.0834. The van der Waals surface area contributed by atoms with Crippen molar-refractivity contribution in [2.75, 3.05) is 30.4 Å². The number of methoxy groups -OCH3 is 1. The summed E-state index contributed by atoms with van der Waals surface area (Å²) in [5.41, 5.74) is 3.93. The molecule has 0 atom stereocenters. The number of ether oxygens (including phenoxy) is 1. The van der Waals surface area contributed by atoms with Gasteiger partial charge in [0.05, 0.1) is 23.9 Å².